The fourth-order valence-corrected chi connectivity index (χ4v) is 3.76. The molecule has 0 amide bonds. The maximum atomic E-state index is 12.6. The third kappa shape index (κ3) is 5.39. The fraction of sp³-hybridized carbons (Fsp3) is 0.300. The number of carbonyl (C=O) groups is 1. The van der Waals surface area contributed by atoms with Crippen LogP contribution in [0.25, 0.3) is 0 Å². The van der Waals surface area contributed by atoms with E-state index in [9.17, 15) is 18.3 Å². The maximum Gasteiger partial charge on any atom is 0.322 e. The van der Waals surface area contributed by atoms with E-state index in [0.29, 0.717) is 11.1 Å². The van der Waals surface area contributed by atoms with Gasteiger partial charge in [0.1, 0.15) is 6.04 Å². The number of sulfonamides is 1. The summed E-state index contributed by atoms with van der Waals surface area (Å²) in [6.45, 7) is 6.06. The van der Waals surface area contributed by atoms with Gasteiger partial charge in [0.05, 0.1) is 16.5 Å². The second-order valence-corrected chi connectivity index (χ2v) is 9.02. The minimum absolute atomic E-state index is 0.00697. The molecule has 0 radical (unpaired) electrons. The van der Waals surface area contributed by atoms with Crippen molar-refractivity contribution in [2.75, 3.05) is 0 Å². The Morgan fingerprint density at radius 2 is 1.81 bits per heavy atom. The molecular weight excluding hydrogens is 364 g/mol. The smallest absolute Gasteiger partial charge is 0.322 e. The molecule has 0 spiro atoms. The Kier molecular flexibility index (Phi) is 6.04. The van der Waals surface area contributed by atoms with Crippen LogP contribution in [-0.2, 0) is 26.7 Å². The molecule has 0 saturated carbocycles. The number of aliphatic carboxylic acids is 1. The van der Waals surface area contributed by atoms with E-state index in [1.54, 1.807) is 36.4 Å². The number of benzene rings is 2. The lowest BCUT2D eigenvalue weighted by Gasteiger charge is -2.20. The Balaban J connectivity index is 2.24. The van der Waals surface area contributed by atoms with Crippen LogP contribution in [0.3, 0.4) is 0 Å². The number of nitrogens with one attached hydrogen (secondary N) is 1. The molecule has 0 fully saturated rings. The van der Waals surface area contributed by atoms with Gasteiger partial charge in [-0.05, 0) is 47.2 Å². The topological polar surface area (TPSA) is 107 Å². The molecule has 0 aliphatic rings. The van der Waals surface area contributed by atoms with Gasteiger partial charge in [0.25, 0.3) is 0 Å². The third-order valence-corrected chi connectivity index (χ3v) is 5.61. The number of nitrogens with zero attached hydrogens (tertiary/aromatic N) is 1. The molecule has 0 aliphatic carbocycles. The summed E-state index contributed by atoms with van der Waals surface area (Å²) in [6, 6.07) is 13.4. The van der Waals surface area contributed by atoms with Crippen LogP contribution < -0.4 is 4.72 Å². The van der Waals surface area contributed by atoms with E-state index in [4.69, 9.17) is 5.26 Å². The van der Waals surface area contributed by atoms with Gasteiger partial charge < -0.3 is 5.11 Å². The molecule has 2 N–H and O–H groups in total. The Hall–Kier alpha value is -2.69. The number of carboxylic acids is 1. The molecule has 1 atom stereocenters. The quantitative estimate of drug-likeness (QED) is 0.794. The summed E-state index contributed by atoms with van der Waals surface area (Å²) in [5.41, 5.74) is 1.81. The van der Waals surface area contributed by atoms with Crippen LogP contribution in [0, 0.1) is 11.3 Å². The highest BCUT2D eigenvalue weighted by atomic mass is 32.2. The van der Waals surface area contributed by atoms with Crippen molar-refractivity contribution in [3.05, 3.63) is 65.2 Å². The van der Waals surface area contributed by atoms with Crippen LogP contribution in [0.2, 0.25) is 0 Å². The maximum absolute atomic E-state index is 12.6. The van der Waals surface area contributed by atoms with E-state index in [0.717, 1.165) is 5.56 Å². The number of rotatable bonds is 6. The summed E-state index contributed by atoms with van der Waals surface area (Å²) in [6.07, 6.45) is -0.0653. The van der Waals surface area contributed by atoms with Crippen molar-refractivity contribution in [3.8, 4) is 6.07 Å². The molecule has 2 rings (SSSR count). The molecule has 2 aromatic rings. The zero-order valence-corrected chi connectivity index (χ0v) is 16.2. The second-order valence-electron chi connectivity index (χ2n) is 7.30. The summed E-state index contributed by atoms with van der Waals surface area (Å²) in [4.78, 5) is 11.6. The van der Waals surface area contributed by atoms with Gasteiger partial charge in [-0.15, -0.1) is 0 Å². The summed E-state index contributed by atoms with van der Waals surface area (Å²) in [5, 5.41) is 18.4. The number of nitriles is 1. The summed E-state index contributed by atoms with van der Waals surface area (Å²) >= 11 is 0. The number of carboxylic acid groups (broad SMARTS) is 1. The number of hydrogen-bond acceptors (Lipinski definition) is 4. The van der Waals surface area contributed by atoms with Crippen LogP contribution in [0.1, 0.15) is 37.5 Å². The van der Waals surface area contributed by atoms with Gasteiger partial charge in [0, 0.05) is 0 Å². The first-order valence-electron chi connectivity index (χ1n) is 8.37. The van der Waals surface area contributed by atoms with E-state index in [-0.39, 0.29) is 16.7 Å². The highest BCUT2D eigenvalue weighted by molar-refractivity contribution is 7.89. The van der Waals surface area contributed by atoms with E-state index >= 15 is 0 Å². The molecule has 1 unspecified atom stereocenters. The summed E-state index contributed by atoms with van der Waals surface area (Å²) < 4.78 is 27.4. The van der Waals surface area contributed by atoms with Gasteiger partial charge in [0.15, 0.2) is 0 Å². The average molecular weight is 386 g/mol. The first-order chi connectivity index (χ1) is 12.5. The summed E-state index contributed by atoms with van der Waals surface area (Å²) in [7, 11) is -4.00. The van der Waals surface area contributed by atoms with Gasteiger partial charge in [-0.25, -0.2) is 8.42 Å². The van der Waals surface area contributed by atoms with Gasteiger partial charge in [-0.1, -0.05) is 45.0 Å². The average Bonchev–Trinajstić information content (AvgIpc) is 2.60. The minimum atomic E-state index is -4.00. The fourth-order valence-electron chi connectivity index (χ4n) is 2.57. The van der Waals surface area contributed by atoms with Crippen LogP contribution in [0.15, 0.2) is 53.4 Å². The van der Waals surface area contributed by atoms with E-state index < -0.39 is 22.0 Å². The lowest BCUT2D eigenvalue weighted by Crippen LogP contribution is -2.42. The van der Waals surface area contributed by atoms with Gasteiger partial charge in [-0.3, -0.25) is 4.79 Å². The lowest BCUT2D eigenvalue weighted by atomic mass is 9.87. The lowest BCUT2D eigenvalue weighted by molar-refractivity contribution is -0.138. The van der Waals surface area contributed by atoms with Crippen molar-refractivity contribution in [3.63, 3.8) is 0 Å². The van der Waals surface area contributed by atoms with Crippen molar-refractivity contribution in [2.45, 2.75) is 43.5 Å². The molecular formula is C20H22N2O4S. The zero-order valence-electron chi connectivity index (χ0n) is 15.4. The molecule has 0 aliphatic heterocycles. The van der Waals surface area contributed by atoms with Crippen molar-refractivity contribution in [1.82, 2.24) is 4.72 Å². The van der Waals surface area contributed by atoms with Crippen molar-refractivity contribution >= 4 is 16.0 Å². The molecule has 0 bridgehead atoms. The number of hydrogen-bond donors (Lipinski definition) is 2. The van der Waals surface area contributed by atoms with Gasteiger partial charge >= 0.3 is 5.97 Å². The molecule has 142 valence electrons. The Morgan fingerprint density at radius 1 is 1.19 bits per heavy atom. The SMILES string of the molecule is CC(C)(C)c1ccc(S(=O)(=O)NC(Cc2cccc(C#N)c2)C(=O)O)cc1. The van der Waals surface area contributed by atoms with Crippen molar-refractivity contribution in [2.24, 2.45) is 0 Å². The third-order valence-electron chi connectivity index (χ3n) is 4.12. The monoisotopic (exact) mass is 386 g/mol. The molecule has 6 nitrogen and oxygen atoms in total. The van der Waals surface area contributed by atoms with Gasteiger partial charge in [-0.2, -0.15) is 9.98 Å². The second kappa shape index (κ2) is 7.91. The molecule has 0 saturated heterocycles. The largest absolute Gasteiger partial charge is 0.480 e. The van der Waals surface area contributed by atoms with Crippen LogP contribution in [-0.4, -0.2) is 25.5 Å². The highest BCUT2D eigenvalue weighted by Gasteiger charge is 2.26. The van der Waals surface area contributed by atoms with Crippen LogP contribution >= 0.6 is 0 Å². The van der Waals surface area contributed by atoms with Gasteiger partial charge in [0.2, 0.25) is 10.0 Å². The molecule has 0 aromatic heterocycles. The van der Waals surface area contributed by atoms with Crippen LogP contribution in [0.4, 0.5) is 0 Å². The Morgan fingerprint density at radius 3 is 2.33 bits per heavy atom. The standard InChI is InChI=1S/C20H22N2O4S/c1-20(2,3)16-7-9-17(10-8-16)27(25,26)22-18(19(23)24)12-14-5-4-6-15(11-14)13-21/h4-11,18,22H,12H2,1-3H3,(H,23,24). The molecule has 7 heteroatoms. The van der Waals surface area contributed by atoms with E-state index in [2.05, 4.69) is 4.72 Å². The zero-order chi connectivity index (χ0) is 20.2. The summed E-state index contributed by atoms with van der Waals surface area (Å²) in [5.74, 6) is -1.28. The van der Waals surface area contributed by atoms with Crippen molar-refractivity contribution < 1.29 is 18.3 Å². The normalized spacial score (nSPS) is 13.0. The predicted molar refractivity (Wildman–Crippen MR) is 102 cm³/mol. The predicted octanol–water partition coefficient (Wildman–Crippen LogP) is 2.83. The Bertz CT molecular complexity index is 968. The minimum Gasteiger partial charge on any atom is -0.480 e. The molecule has 0 heterocycles. The highest BCUT2D eigenvalue weighted by Crippen LogP contribution is 2.23. The van der Waals surface area contributed by atoms with Crippen LogP contribution in [0.5, 0.6) is 0 Å². The van der Waals surface area contributed by atoms with Crippen molar-refractivity contribution in [1.29, 1.82) is 5.26 Å². The van der Waals surface area contributed by atoms with E-state index in [1.165, 1.54) is 12.1 Å². The first-order valence-corrected chi connectivity index (χ1v) is 9.86. The molecule has 2 aromatic carbocycles. The van der Waals surface area contributed by atoms with E-state index in [1.807, 2.05) is 26.8 Å². The first kappa shape index (κ1) is 20.6. The Labute approximate surface area is 159 Å². The molecule has 27 heavy (non-hydrogen) atoms.